The van der Waals surface area contributed by atoms with Crippen LogP contribution in [0.5, 0.6) is 0 Å². The van der Waals surface area contributed by atoms with Crippen LogP contribution in [0, 0.1) is 22.7 Å². The van der Waals surface area contributed by atoms with Crippen LogP contribution in [0.4, 0.5) is 26.3 Å². The molecule has 98 valence electrons. The van der Waals surface area contributed by atoms with Crippen LogP contribution in [0.3, 0.4) is 0 Å². The lowest BCUT2D eigenvalue weighted by Gasteiger charge is -2.12. The lowest BCUT2D eigenvalue weighted by Crippen LogP contribution is -2.26. The Bertz CT molecular complexity index is 436. The summed E-state index contributed by atoms with van der Waals surface area (Å²) in [5.74, 6) is 0. The minimum Gasteiger partial charge on any atom is -0.394 e. The fraction of sp³-hybridized carbons (Fsp3) is 0.250. The lowest BCUT2D eigenvalue weighted by molar-refractivity contribution is -0.0956. The average molecular weight is 270 g/mol. The predicted molar refractivity (Wildman–Crippen MR) is 45.8 cm³/mol. The molecule has 4 nitrogen and oxygen atoms in total. The second-order valence-corrected chi connectivity index (χ2v) is 2.80. The van der Waals surface area contributed by atoms with E-state index in [4.69, 9.17) is 10.5 Å². The summed E-state index contributed by atoms with van der Waals surface area (Å²) in [5, 5.41) is 16.8. The molecule has 0 bridgehead atoms. The predicted octanol–water partition coefficient (Wildman–Crippen LogP) is 1.58. The van der Waals surface area contributed by atoms with Crippen molar-refractivity contribution in [2.24, 2.45) is 11.5 Å². The number of hydrogen-bond donors (Lipinski definition) is 2. The topological polar surface area (TPSA) is 99.6 Å². The summed E-state index contributed by atoms with van der Waals surface area (Å²) < 4.78 is 72.9. The van der Waals surface area contributed by atoms with Crippen molar-refractivity contribution in [2.45, 2.75) is 12.4 Å². The molecule has 0 aromatic carbocycles. The van der Waals surface area contributed by atoms with E-state index in [-0.39, 0.29) is 0 Å². The van der Waals surface area contributed by atoms with Gasteiger partial charge < -0.3 is 11.5 Å². The third kappa shape index (κ3) is 3.31. The Morgan fingerprint density at radius 2 is 0.944 bits per heavy atom. The molecule has 0 saturated carbocycles. The van der Waals surface area contributed by atoms with Crippen molar-refractivity contribution in [3.63, 3.8) is 0 Å². The highest BCUT2D eigenvalue weighted by Crippen LogP contribution is 2.31. The van der Waals surface area contributed by atoms with E-state index in [1.54, 1.807) is 0 Å². The maximum atomic E-state index is 12.2. The monoisotopic (exact) mass is 270 g/mol. The van der Waals surface area contributed by atoms with Gasteiger partial charge in [0.2, 0.25) is 0 Å². The summed E-state index contributed by atoms with van der Waals surface area (Å²) in [6.45, 7) is 0. The molecule has 0 fully saturated rings. The van der Waals surface area contributed by atoms with Crippen molar-refractivity contribution in [1.82, 2.24) is 0 Å². The van der Waals surface area contributed by atoms with Gasteiger partial charge in [0, 0.05) is 0 Å². The normalized spacial score (nSPS) is 15.1. The van der Waals surface area contributed by atoms with Crippen LogP contribution in [0.15, 0.2) is 22.5 Å². The van der Waals surface area contributed by atoms with Gasteiger partial charge >= 0.3 is 12.4 Å². The molecule has 0 atom stereocenters. The van der Waals surface area contributed by atoms with E-state index >= 15 is 0 Å². The van der Waals surface area contributed by atoms with Gasteiger partial charge in [0.05, 0.1) is 11.1 Å². The second-order valence-electron chi connectivity index (χ2n) is 2.80. The lowest BCUT2D eigenvalue weighted by atomic mass is 10.0. The van der Waals surface area contributed by atoms with Gasteiger partial charge in [-0.1, -0.05) is 0 Å². The Labute approximate surface area is 96.4 Å². The highest BCUT2D eigenvalue weighted by Gasteiger charge is 2.40. The fourth-order valence-corrected chi connectivity index (χ4v) is 0.785. The Morgan fingerprint density at radius 1 is 0.722 bits per heavy atom. The highest BCUT2D eigenvalue weighted by molar-refractivity contribution is 5.55. The molecule has 0 aliphatic heterocycles. The number of nitriles is 2. The van der Waals surface area contributed by atoms with Gasteiger partial charge in [-0.2, -0.15) is 36.9 Å². The molecule has 0 unspecified atom stereocenters. The first kappa shape index (κ1) is 15.6. The van der Waals surface area contributed by atoms with Crippen molar-refractivity contribution >= 4 is 0 Å². The Hall–Kier alpha value is -2.36. The second kappa shape index (κ2) is 4.87. The van der Waals surface area contributed by atoms with Crippen LogP contribution < -0.4 is 11.5 Å². The smallest absolute Gasteiger partial charge is 0.394 e. The molecular formula is C8H4F6N4. The van der Waals surface area contributed by atoms with Crippen LogP contribution in [0.1, 0.15) is 0 Å². The Balaban J connectivity index is 6.19. The number of halogens is 6. The number of allylic oxidation sites excluding steroid dienone is 4. The molecule has 0 aromatic heterocycles. The SMILES string of the molecule is N#CC(/C(C#N)=C(\N)C(F)(F)F)=C(/N)C(F)(F)F. The van der Waals surface area contributed by atoms with Crippen molar-refractivity contribution < 1.29 is 26.3 Å². The van der Waals surface area contributed by atoms with Crippen LogP contribution in [0.2, 0.25) is 0 Å². The number of rotatable bonds is 1. The zero-order chi connectivity index (χ0) is 14.7. The molecule has 4 N–H and O–H groups in total. The Kier molecular flexibility index (Phi) is 4.23. The van der Waals surface area contributed by atoms with Crippen LogP contribution in [0.25, 0.3) is 0 Å². The molecule has 0 aromatic rings. The summed E-state index contributed by atoms with van der Waals surface area (Å²) >= 11 is 0. The Morgan fingerprint density at radius 3 is 1.06 bits per heavy atom. The van der Waals surface area contributed by atoms with Gasteiger partial charge in [-0.3, -0.25) is 0 Å². The van der Waals surface area contributed by atoms with Gasteiger partial charge in [0.15, 0.2) is 0 Å². The van der Waals surface area contributed by atoms with Crippen LogP contribution >= 0.6 is 0 Å². The van der Waals surface area contributed by atoms with Crippen molar-refractivity contribution in [3.05, 3.63) is 22.5 Å². The number of hydrogen-bond acceptors (Lipinski definition) is 4. The maximum Gasteiger partial charge on any atom is 0.432 e. The molecular weight excluding hydrogens is 266 g/mol. The number of nitrogens with two attached hydrogens (primary N) is 2. The van der Waals surface area contributed by atoms with Gasteiger partial charge in [0.25, 0.3) is 0 Å². The zero-order valence-corrected chi connectivity index (χ0v) is 8.32. The first-order valence-corrected chi connectivity index (χ1v) is 3.91. The number of nitrogens with zero attached hydrogens (tertiary/aromatic N) is 2. The molecule has 0 amide bonds. The van der Waals surface area contributed by atoms with E-state index in [0.717, 1.165) is 12.1 Å². The average Bonchev–Trinajstić information content (AvgIpc) is 2.21. The third-order valence-corrected chi connectivity index (χ3v) is 1.62. The molecule has 0 spiro atoms. The summed E-state index contributed by atoms with van der Waals surface area (Å²) in [6, 6.07) is 1.57. The first-order chi connectivity index (χ1) is 7.96. The van der Waals surface area contributed by atoms with E-state index < -0.39 is 34.9 Å². The van der Waals surface area contributed by atoms with E-state index in [1.807, 2.05) is 0 Å². The minimum atomic E-state index is -5.25. The van der Waals surface area contributed by atoms with Gasteiger partial charge in [-0.05, 0) is 0 Å². The van der Waals surface area contributed by atoms with E-state index in [0.29, 0.717) is 0 Å². The summed E-state index contributed by atoms with van der Waals surface area (Å²) in [4.78, 5) is 0. The van der Waals surface area contributed by atoms with Crippen molar-refractivity contribution in [2.75, 3.05) is 0 Å². The molecule has 0 heterocycles. The van der Waals surface area contributed by atoms with E-state index in [2.05, 4.69) is 11.5 Å². The molecule has 0 radical (unpaired) electrons. The van der Waals surface area contributed by atoms with Gasteiger partial charge in [-0.25, -0.2) is 0 Å². The minimum absolute atomic E-state index is 0.787. The fourth-order valence-electron chi connectivity index (χ4n) is 0.785. The molecule has 18 heavy (non-hydrogen) atoms. The van der Waals surface area contributed by atoms with Crippen LogP contribution in [-0.2, 0) is 0 Å². The quantitative estimate of drug-likeness (QED) is 0.429. The number of alkyl halides is 6. The molecule has 0 saturated heterocycles. The van der Waals surface area contributed by atoms with E-state index in [1.165, 1.54) is 0 Å². The third-order valence-electron chi connectivity index (χ3n) is 1.62. The first-order valence-electron chi connectivity index (χ1n) is 3.91. The summed E-state index contributed by atoms with van der Waals surface area (Å²) in [6.07, 6.45) is -10.5. The van der Waals surface area contributed by atoms with Gasteiger partial charge in [-0.15, -0.1) is 0 Å². The largest absolute Gasteiger partial charge is 0.432 e. The zero-order valence-electron chi connectivity index (χ0n) is 8.32. The standard InChI is InChI=1S/C8H4F6N4/c9-7(10,11)5(17)3(1-15)4(2-16)6(18)8(12,13)14/h17-18H2/b5-3-,6-4-. The molecule has 0 aliphatic carbocycles. The van der Waals surface area contributed by atoms with Crippen molar-refractivity contribution in [3.8, 4) is 12.1 Å². The molecule has 10 heteroatoms. The molecule has 0 rings (SSSR count). The summed E-state index contributed by atoms with van der Waals surface area (Å²) in [5.41, 5.74) is 1.41. The van der Waals surface area contributed by atoms with E-state index in [9.17, 15) is 26.3 Å². The molecule has 0 aliphatic rings. The van der Waals surface area contributed by atoms with Crippen LogP contribution in [-0.4, -0.2) is 12.4 Å². The summed E-state index contributed by atoms with van der Waals surface area (Å²) in [7, 11) is 0. The maximum absolute atomic E-state index is 12.2. The van der Waals surface area contributed by atoms with Crippen molar-refractivity contribution in [1.29, 1.82) is 10.5 Å². The highest BCUT2D eigenvalue weighted by atomic mass is 19.4. The van der Waals surface area contributed by atoms with Gasteiger partial charge in [0.1, 0.15) is 23.5 Å².